The number of likely N-dealkylation sites (N-methyl/N-ethyl adjacent to an activating group) is 1. The third-order valence-electron chi connectivity index (χ3n) is 2.23. The van der Waals surface area contributed by atoms with Crippen LogP contribution in [0.4, 0.5) is 0 Å². The van der Waals surface area contributed by atoms with Crippen molar-refractivity contribution < 1.29 is 0 Å². The maximum absolute atomic E-state index is 4.35. The predicted octanol–water partition coefficient (Wildman–Crippen LogP) is 2.14. The van der Waals surface area contributed by atoms with Gasteiger partial charge in [0.15, 0.2) is 0 Å². The molecule has 0 amide bonds. The zero-order chi connectivity index (χ0) is 9.80. The van der Waals surface area contributed by atoms with Gasteiger partial charge in [-0.05, 0) is 30.7 Å². The Hall–Kier alpha value is -1.57. The quantitative estimate of drug-likeness (QED) is 0.765. The lowest BCUT2D eigenvalue weighted by molar-refractivity contribution is 0.885. The highest BCUT2D eigenvalue weighted by atomic mass is 14.9. The highest BCUT2D eigenvalue weighted by Crippen LogP contribution is 2.14. The molecule has 2 heteroatoms. The average Bonchev–Trinajstić information content (AvgIpc) is 2.40. The summed E-state index contributed by atoms with van der Waals surface area (Å²) in [7, 11) is 0. The highest BCUT2D eigenvalue weighted by molar-refractivity contribution is 5.59. The molecule has 2 rings (SSSR count). The fourth-order valence-electron chi connectivity index (χ4n) is 1.58. The molecule has 1 heterocycles. The molecule has 0 saturated carbocycles. The molecule has 1 aromatic heterocycles. The van der Waals surface area contributed by atoms with Crippen molar-refractivity contribution in [2.75, 3.05) is 6.54 Å². The third-order valence-corrected chi connectivity index (χ3v) is 2.23. The number of nitrogens with zero attached hydrogens (tertiary/aromatic N) is 1. The van der Waals surface area contributed by atoms with Gasteiger partial charge >= 0.3 is 0 Å². The first-order chi connectivity index (χ1) is 6.90. The number of hydrogen-bond acceptors (Lipinski definition) is 2. The maximum atomic E-state index is 4.35. The Morgan fingerprint density at radius 2 is 2.43 bits per heavy atom. The van der Waals surface area contributed by atoms with Crippen molar-refractivity contribution >= 4 is 6.08 Å². The Balaban J connectivity index is 2.36. The van der Waals surface area contributed by atoms with Crippen molar-refractivity contribution in [1.29, 1.82) is 0 Å². The van der Waals surface area contributed by atoms with Crippen molar-refractivity contribution in [3.8, 4) is 0 Å². The van der Waals surface area contributed by atoms with Gasteiger partial charge in [-0.3, -0.25) is 4.98 Å². The molecule has 0 spiro atoms. The van der Waals surface area contributed by atoms with Gasteiger partial charge in [0.2, 0.25) is 0 Å². The summed E-state index contributed by atoms with van der Waals surface area (Å²) in [5.74, 6) is 0. The van der Waals surface area contributed by atoms with E-state index in [1.807, 2.05) is 12.3 Å². The molecule has 0 saturated heterocycles. The molecule has 0 fully saturated rings. The van der Waals surface area contributed by atoms with E-state index in [1.54, 1.807) is 0 Å². The molecule has 0 aliphatic heterocycles. The number of hydrogen-bond donors (Lipinski definition) is 1. The fourth-order valence-corrected chi connectivity index (χ4v) is 1.58. The second-order valence-electron chi connectivity index (χ2n) is 3.28. The number of nitrogens with one attached hydrogen (secondary N) is 1. The van der Waals surface area contributed by atoms with Gasteiger partial charge < -0.3 is 5.32 Å². The number of rotatable bonds is 2. The van der Waals surface area contributed by atoms with Gasteiger partial charge in [0.05, 0.1) is 5.69 Å². The van der Waals surface area contributed by atoms with E-state index in [9.17, 15) is 0 Å². The van der Waals surface area contributed by atoms with Crippen LogP contribution >= 0.6 is 0 Å². The number of pyridine rings is 1. The highest BCUT2D eigenvalue weighted by Gasteiger charge is 2.03. The lowest BCUT2D eigenvalue weighted by Gasteiger charge is -2.03. The van der Waals surface area contributed by atoms with Crippen LogP contribution in [-0.4, -0.2) is 11.5 Å². The van der Waals surface area contributed by atoms with Crippen LogP contribution in [0.1, 0.15) is 18.2 Å². The normalized spacial score (nSPS) is 14.2. The van der Waals surface area contributed by atoms with Gasteiger partial charge in [-0.15, -0.1) is 0 Å². The van der Waals surface area contributed by atoms with E-state index in [1.165, 1.54) is 11.3 Å². The first-order valence-electron chi connectivity index (χ1n) is 4.96. The largest absolute Gasteiger partial charge is 0.385 e. The molecule has 72 valence electrons. The van der Waals surface area contributed by atoms with Crippen LogP contribution < -0.4 is 5.32 Å². The second-order valence-corrected chi connectivity index (χ2v) is 3.28. The molecule has 0 atom stereocenters. The predicted molar refractivity (Wildman–Crippen MR) is 58.7 cm³/mol. The molecule has 1 N–H and O–H groups in total. The summed E-state index contributed by atoms with van der Waals surface area (Å²) < 4.78 is 0. The van der Waals surface area contributed by atoms with E-state index >= 15 is 0 Å². The van der Waals surface area contributed by atoms with Crippen molar-refractivity contribution in [3.05, 3.63) is 47.4 Å². The van der Waals surface area contributed by atoms with Crippen LogP contribution in [0.15, 0.2) is 36.2 Å². The SMILES string of the molecule is CCNC1=Cc2cccnc2CC=C1. The van der Waals surface area contributed by atoms with Crippen molar-refractivity contribution in [1.82, 2.24) is 10.3 Å². The summed E-state index contributed by atoms with van der Waals surface area (Å²) in [4.78, 5) is 4.35. The topological polar surface area (TPSA) is 24.9 Å². The van der Waals surface area contributed by atoms with E-state index in [0.717, 1.165) is 18.7 Å². The number of allylic oxidation sites excluding steroid dienone is 2. The van der Waals surface area contributed by atoms with Gasteiger partial charge in [-0.1, -0.05) is 12.1 Å². The van der Waals surface area contributed by atoms with Gasteiger partial charge in [0.25, 0.3) is 0 Å². The Morgan fingerprint density at radius 3 is 3.29 bits per heavy atom. The minimum absolute atomic E-state index is 0.918. The third kappa shape index (κ3) is 1.84. The molecule has 0 radical (unpaired) electrons. The first kappa shape index (κ1) is 9.00. The van der Waals surface area contributed by atoms with Crippen LogP contribution in [0.25, 0.3) is 6.08 Å². The Kier molecular flexibility index (Phi) is 2.63. The molecule has 1 aliphatic rings. The fraction of sp³-hybridized carbons (Fsp3) is 0.250. The van der Waals surface area contributed by atoms with E-state index < -0.39 is 0 Å². The first-order valence-corrected chi connectivity index (χ1v) is 4.96. The van der Waals surface area contributed by atoms with E-state index in [2.05, 4.69) is 41.5 Å². The molecule has 0 unspecified atom stereocenters. The van der Waals surface area contributed by atoms with E-state index in [-0.39, 0.29) is 0 Å². The van der Waals surface area contributed by atoms with E-state index in [0.29, 0.717) is 0 Å². The van der Waals surface area contributed by atoms with Crippen molar-refractivity contribution in [2.45, 2.75) is 13.3 Å². The van der Waals surface area contributed by atoms with Crippen LogP contribution in [0.5, 0.6) is 0 Å². The molecule has 14 heavy (non-hydrogen) atoms. The standard InChI is InChI=1S/C12H14N2/c1-2-13-11-6-3-7-12-10(9-11)5-4-8-14-12/h3-6,8-9,13H,2,7H2,1H3. The number of fused-ring (bicyclic) bond motifs is 1. The Morgan fingerprint density at radius 1 is 1.50 bits per heavy atom. The zero-order valence-electron chi connectivity index (χ0n) is 8.33. The van der Waals surface area contributed by atoms with Gasteiger partial charge in [-0.2, -0.15) is 0 Å². The van der Waals surface area contributed by atoms with Crippen LogP contribution in [0, 0.1) is 0 Å². The summed E-state index contributed by atoms with van der Waals surface area (Å²) in [6.45, 7) is 3.05. The summed E-state index contributed by atoms with van der Waals surface area (Å²) >= 11 is 0. The molecule has 0 bridgehead atoms. The van der Waals surface area contributed by atoms with Crippen LogP contribution in [0.2, 0.25) is 0 Å². The lowest BCUT2D eigenvalue weighted by atomic mass is 10.1. The second kappa shape index (κ2) is 4.09. The summed E-state index contributed by atoms with van der Waals surface area (Å²) in [6.07, 6.45) is 9.17. The average molecular weight is 186 g/mol. The summed E-state index contributed by atoms with van der Waals surface area (Å²) in [5, 5.41) is 3.31. The van der Waals surface area contributed by atoms with Crippen molar-refractivity contribution in [3.63, 3.8) is 0 Å². The summed E-state index contributed by atoms with van der Waals surface area (Å²) in [6, 6.07) is 4.08. The lowest BCUT2D eigenvalue weighted by Crippen LogP contribution is -2.09. The number of aromatic nitrogens is 1. The molecule has 0 aromatic carbocycles. The maximum Gasteiger partial charge on any atom is 0.0514 e. The molecular formula is C12H14N2. The minimum Gasteiger partial charge on any atom is -0.385 e. The summed E-state index contributed by atoms with van der Waals surface area (Å²) in [5.41, 5.74) is 3.53. The molecule has 1 aliphatic carbocycles. The zero-order valence-corrected chi connectivity index (χ0v) is 8.33. The van der Waals surface area contributed by atoms with Crippen molar-refractivity contribution in [2.24, 2.45) is 0 Å². The molecular weight excluding hydrogens is 172 g/mol. The van der Waals surface area contributed by atoms with Gasteiger partial charge in [0.1, 0.15) is 0 Å². The minimum atomic E-state index is 0.918. The van der Waals surface area contributed by atoms with E-state index in [4.69, 9.17) is 0 Å². The van der Waals surface area contributed by atoms with Gasteiger partial charge in [0, 0.05) is 24.9 Å². The van der Waals surface area contributed by atoms with Crippen LogP contribution in [0.3, 0.4) is 0 Å². The molecule has 2 nitrogen and oxygen atoms in total. The van der Waals surface area contributed by atoms with Gasteiger partial charge in [-0.25, -0.2) is 0 Å². The smallest absolute Gasteiger partial charge is 0.0514 e. The van der Waals surface area contributed by atoms with Crippen LogP contribution in [-0.2, 0) is 6.42 Å². The molecule has 1 aromatic rings. The Labute approximate surface area is 84.4 Å². The Bertz CT molecular complexity index is 378. The monoisotopic (exact) mass is 186 g/mol.